The number of nitrogens with zero attached hydrogens (tertiary/aromatic N) is 1. The van der Waals surface area contributed by atoms with Crippen LogP contribution in [0.1, 0.15) is 22.2 Å². The third-order valence-electron chi connectivity index (χ3n) is 2.21. The topological polar surface area (TPSA) is 30.0 Å². The van der Waals surface area contributed by atoms with Crippen LogP contribution in [0.5, 0.6) is 0 Å². The van der Waals surface area contributed by atoms with Crippen LogP contribution >= 0.6 is 11.3 Å². The van der Waals surface area contributed by atoms with E-state index in [1.165, 1.54) is 30.5 Å². The van der Waals surface area contributed by atoms with E-state index in [4.69, 9.17) is 0 Å². The van der Waals surface area contributed by atoms with Gasteiger partial charge in [0.2, 0.25) is 0 Å². The second-order valence-electron chi connectivity index (χ2n) is 3.57. The summed E-state index contributed by atoms with van der Waals surface area (Å²) >= 11 is 1.21. The number of ketones is 1. The molecule has 1 aromatic carbocycles. The highest BCUT2D eigenvalue weighted by atomic mass is 32.1. The number of rotatable bonds is 2. The molecule has 2 aromatic rings. The highest BCUT2D eigenvalue weighted by Gasteiger charge is 2.11. The van der Waals surface area contributed by atoms with Crippen molar-refractivity contribution < 1.29 is 9.18 Å². The summed E-state index contributed by atoms with van der Waals surface area (Å²) in [4.78, 5) is 15.7. The van der Waals surface area contributed by atoms with Gasteiger partial charge in [0.25, 0.3) is 0 Å². The normalized spacial score (nSPS) is 10.4. The Morgan fingerprint density at radius 1 is 1.44 bits per heavy atom. The molecule has 0 atom stereocenters. The first kappa shape index (κ1) is 11.0. The molecule has 0 radical (unpaired) electrons. The lowest BCUT2D eigenvalue weighted by Crippen LogP contribution is -1.84. The molecule has 2 rings (SSSR count). The minimum Gasteiger partial charge on any atom is -0.294 e. The Bertz CT molecular complexity index is 548. The number of halogens is 1. The smallest absolute Gasteiger partial charge is 0.171 e. The second kappa shape index (κ2) is 4.14. The molecule has 0 fully saturated rings. The van der Waals surface area contributed by atoms with Gasteiger partial charge in [0.05, 0.1) is 4.88 Å². The van der Waals surface area contributed by atoms with Crippen LogP contribution in [0.3, 0.4) is 0 Å². The molecule has 16 heavy (non-hydrogen) atoms. The van der Waals surface area contributed by atoms with Crippen molar-refractivity contribution in [2.24, 2.45) is 0 Å². The van der Waals surface area contributed by atoms with Crippen molar-refractivity contribution in [2.45, 2.75) is 13.8 Å². The first-order valence-electron chi connectivity index (χ1n) is 4.81. The predicted molar refractivity (Wildman–Crippen MR) is 62.2 cm³/mol. The number of carbonyl (C=O) groups excluding carboxylic acids is 1. The lowest BCUT2D eigenvalue weighted by atomic mass is 10.1. The van der Waals surface area contributed by atoms with Crippen LogP contribution in [-0.2, 0) is 0 Å². The molecule has 4 heteroatoms. The lowest BCUT2D eigenvalue weighted by Gasteiger charge is -1.99. The first-order valence-corrected chi connectivity index (χ1v) is 5.63. The molecule has 0 unspecified atom stereocenters. The maximum absolute atomic E-state index is 13.6. The van der Waals surface area contributed by atoms with Gasteiger partial charge in [-0.05, 0) is 24.6 Å². The Morgan fingerprint density at radius 3 is 2.75 bits per heavy atom. The molecule has 1 heterocycles. The van der Waals surface area contributed by atoms with Crippen LogP contribution < -0.4 is 0 Å². The van der Waals surface area contributed by atoms with Gasteiger partial charge in [-0.25, -0.2) is 9.37 Å². The average Bonchev–Trinajstić information content (AvgIpc) is 2.66. The number of hydrogen-bond donors (Lipinski definition) is 0. The van der Waals surface area contributed by atoms with E-state index in [1.54, 1.807) is 6.07 Å². The SMILES string of the molecule is CC(=O)c1cnc(-c2ccc(C)cc2F)s1. The summed E-state index contributed by atoms with van der Waals surface area (Å²) in [5.41, 5.74) is 1.31. The van der Waals surface area contributed by atoms with Gasteiger partial charge in [-0.3, -0.25) is 4.79 Å². The van der Waals surface area contributed by atoms with Crippen LogP contribution in [0.15, 0.2) is 24.4 Å². The molecule has 0 aliphatic heterocycles. The molecular formula is C12H10FNOS. The number of thiazole rings is 1. The van der Waals surface area contributed by atoms with Gasteiger partial charge in [-0.15, -0.1) is 11.3 Å². The maximum atomic E-state index is 13.6. The number of Topliss-reactive ketones (excluding diaryl/α,β-unsaturated/α-hetero) is 1. The monoisotopic (exact) mass is 235 g/mol. The average molecular weight is 235 g/mol. The third-order valence-corrected chi connectivity index (χ3v) is 3.34. The van der Waals surface area contributed by atoms with E-state index >= 15 is 0 Å². The van der Waals surface area contributed by atoms with E-state index < -0.39 is 0 Å². The minimum atomic E-state index is -0.301. The summed E-state index contributed by atoms with van der Waals surface area (Å²) in [6.45, 7) is 3.30. The molecule has 0 aliphatic rings. The summed E-state index contributed by atoms with van der Waals surface area (Å²) in [5, 5.41) is 0.544. The fourth-order valence-corrected chi connectivity index (χ4v) is 2.19. The fraction of sp³-hybridized carbons (Fsp3) is 0.167. The van der Waals surface area contributed by atoms with Crippen molar-refractivity contribution in [1.29, 1.82) is 0 Å². The molecule has 0 saturated carbocycles. The minimum absolute atomic E-state index is 0.0451. The summed E-state index contributed by atoms with van der Waals surface area (Å²) in [7, 11) is 0. The zero-order valence-electron chi connectivity index (χ0n) is 8.95. The Balaban J connectivity index is 2.46. The summed E-state index contributed by atoms with van der Waals surface area (Å²) in [6.07, 6.45) is 1.49. The molecule has 0 N–H and O–H groups in total. The Hall–Kier alpha value is -1.55. The standard InChI is InChI=1S/C12H10FNOS/c1-7-3-4-9(10(13)5-7)12-14-6-11(16-12)8(2)15/h3-6H,1-2H3. The third kappa shape index (κ3) is 2.02. The number of aryl methyl sites for hydroxylation is 1. The molecule has 0 saturated heterocycles. The number of aromatic nitrogens is 1. The van der Waals surface area contributed by atoms with Gasteiger partial charge in [0.1, 0.15) is 10.8 Å². The molecule has 2 nitrogen and oxygen atoms in total. The van der Waals surface area contributed by atoms with Crippen molar-refractivity contribution in [3.8, 4) is 10.6 Å². The maximum Gasteiger partial charge on any atom is 0.171 e. The molecule has 1 aromatic heterocycles. The zero-order chi connectivity index (χ0) is 11.7. The quantitative estimate of drug-likeness (QED) is 0.746. The second-order valence-corrected chi connectivity index (χ2v) is 4.60. The van der Waals surface area contributed by atoms with Gasteiger partial charge >= 0.3 is 0 Å². The van der Waals surface area contributed by atoms with Gasteiger partial charge in [-0.1, -0.05) is 6.07 Å². The fourth-order valence-electron chi connectivity index (χ4n) is 1.35. The Kier molecular flexibility index (Phi) is 2.83. The Morgan fingerprint density at radius 2 is 2.19 bits per heavy atom. The van der Waals surface area contributed by atoms with Gasteiger partial charge in [0.15, 0.2) is 5.78 Å². The van der Waals surface area contributed by atoms with Crippen molar-refractivity contribution in [3.05, 3.63) is 40.7 Å². The lowest BCUT2D eigenvalue weighted by molar-refractivity contribution is 0.102. The van der Waals surface area contributed by atoms with E-state index in [-0.39, 0.29) is 11.6 Å². The summed E-state index contributed by atoms with van der Waals surface area (Å²) < 4.78 is 13.6. The van der Waals surface area contributed by atoms with Crippen LogP contribution in [0.2, 0.25) is 0 Å². The number of carbonyl (C=O) groups is 1. The highest BCUT2D eigenvalue weighted by Crippen LogP contribution is 2.28. The van der Waals surface area contributed by atoms with E-state index in [2.05, 4.69) is 4.98 Å². The zero-order valence-corrected chi connectivity index (χ0v) is 9.77. The van der Waals surface area contributed by atoms with Crippen molar-refractivity contribution in [1.82, 2.24) is 4.98 Å². The van der Waals surface area contributed by atoms with Crippen LogP contribution in [0.25, 0.3) is 10.6 Å². The molecule has 0 bridgehead atoms. The largest absolute Gasteiger partial charge is 0.294 e. The van der Waals surface area contributed by atoms with Crippen molar-refractivity contribution in [3.63, 3.8) is 0 Å². The molecule has 0 spiro atoms. The number of benzene rings is 1. The predicted octanol–water partition coefficient (Wildman–Crippen LogP) is 3.46. The van der Waals surface area contributed by atoms with E-state index in [0.29, 0.717) is 15.4 Å². The Labute approximate surface area is 96.8 Å². The van der Waals surface area contributed by atoms with E-state index in [0.717, 1.165) is 5.56 Å². The van der Waals surface area contributed by atoms with Crippen LogP contribution in [0, 0.1) is 12.7 Å². The van der Waals surface area contributed by atoms with Gasteiger partial charge in [0, 0.05) is 18.7 Å². The summed E-state index contributed by atoms with van der Waals surface area (Å²) in [6, 6.07) is 4.98. The van der Waals surface area contributed by atoms with Gasteiger partial charge < -0.3 is 0 Å². The van der Waals surface area contributed by atoms with Gasteiger partial charge in [-0.2, -0.15) is 0 Å². The van der Waals surface area contributed by atoms with E-state index in [1.807, 2.05) is 13.0 Å². The highest BCUT2D eigenvalue weighted by molar-refractivity contribution is 7.16. The molecule has 82 valence electrons. The van der Waals surface area contributed by atoms with Crippen LogP contribution in [0.4, 0.5) is 4.39 Å². The van der Waals surface area contributed by atoms with Crippen LogP contribution in [-0.4, -0.2) is 10.8 Å². The van der Waals surface area contributed by atoms with Crippen molar-refractivity contribution in [2.75, 3.05) is 0 Å². The summed E-state index contributed by atoms with van der Waals surface area (Å²) in [5.74, 6) is -0.347. The first-order chi connectivity index (χ1) is 7.58. The number of hydrogen-bond acceptors (Lipinski definition) is 3. The van der Waals surface area contributed by atoms with E-state index in [9.17, 15) is 9.18 Å². The molecule has 0 amide bonds. The molecule has 0 aliphatic carbocycles. The van der Waals surface area contributed by atoms with Crippen molar-refractivity contribution >= 4 is 17.1 Å². The molecular weight excluding hydrogens is 225 g/mol.